The van der Waals surface area contributed by atoms with Crippen LogP contribution in [0.5, 0.6) is 0 Å². The number of carbonyl (C=O) groups excluding carboxylic acids is 1. The standard InChI is InChI=1S/C13H10O.CH4.2ClH/c14-13(11-7-3-1-4-8-11)12-9-5-2-6-10-12;;;/h1-10H;1H4;2*1H. The molecule has 92 valence electrons. The zero-order chi connectivity index (χ0) is 9.80. The van der Waals surface area contributed by atoms with Crippen LogP contribution in [0, 0.1) is 0 Å². The molecular weight excluding hydrogens is 255 g/mol. The van der Waals surface area contributed by atoms with Crippen molar-refractivity contribution >= 4 is 30.6 Å². The Labute approximate surface area is 115 Å². The average molecular weight is 271 g/mol. The maximum absolute atomic E-state index is 11.8. The molecule has 0 aliphatic carbocycles. The van der Waals surface area contributed by atoms with E-state index in [0.29, 0.717) is 0 Å². The average Bonchev–Trinajstić information content (AvgIpc) is 2.30. The van der Waals surface area contributed by atoms with Crippen LogP contribution in [0.1, 0.15) is 23.3 Å². The van der Waals surface area contributed by atoms with Crippen molar-refractivity contribution in [2.75, 3.05) is 0 Å². The Hall–Kier alpha value is -1.31. The van der Waals surface area contributed by atoms with E-state index in [1.165, 1.54) is 0 Å². The summed E-state index contributed by atoms with van der Waals surface area (Å²) in [5.74, 6) is 0.0752. The molecule has 0 unspecified atom stereocenters. The Morgan fingerprint density at radius 1 is 0.647 bits per heavy atom. The zero-order valence-corrected chi connectivity index (χ0v) is 10.1. The minimum absolute atomic E-state index is 0. The van der Waals surface area contributed by atoms with E-state index in [1.54, 1.807) is 0 Å². The van der Waals surface area contributed by atoms with Gasteiger partial charge in [0.05, 0.1) is 0 Å². The Balaban J connectivity index is 0. The molecule has 0 saturated heterocycles. The first-order chi connectivity index (χ1) is 6.88. The second kappa shape index (κ2) is 8.80. The molecule has 0 aliphatic rings. The van der Waals surface area contributed by atoms with Crippen molar-refractivity contribution in [1.29, 1.82) is 0 Å². The molecule has 2 rings (SSSR count). The predicted molar refractivity (Wildman–Crippen MR) is 77.5 cm³/mol. The largest absolute Gasteiger partial charge is 0.289 e. The number of benzene rings is 2. The van der Waals surface area contributed by atoms with E-state index in [2.05, 4.69) is 0 Å². The van der Waals surface area contributed by atoms with Crippen molar-refractivity contribution in [2.45, 2.75) is 7.43 Å². The number of carbonyl (C=O) groups is 1. The summed E-state index contributed by atoms with van der Waals surface area (Å²) in [6.07, 6.45) is 0. The van der Waals surface area contributed by atoms with Gasteiger partial charge in [-0.3, -0.25) is 4.79 Å². The Bertz CT molecular complexity index is 385. The number of ketones is 1. The third-order valence-corrected chi connectivity index (χ3v) is 2.07. The minimum atomic E-state index is 0. The zero-order valence-electron chi connectivity index (χ0n) is 8.50. The summed E-state index contributed by atoms with van der Waals surface area (Å²) in [4.78, 5) is 11.8. The van der Waals surface area contributed by atoms with Crippen molar-refractivity contribution in [3.8, 4) is 0 Å². The summed E-state index contributed by atoms with van der Waals surface area (Å²) < 4.78 is 0. The van der Waals surface area contributed by atoms with Crippen LogP contribution in [0.3, 0.4) is 0 Å². The number of halogens is 2. The lowest BCUT2D eigenvalue weighted by atomic mass is 10.0. The van der Waals surface area contributed by atoms with Gasteiger partial charge < -0.3 is 0 Å². The van der Waals surface area contributed by atoms with Gasteiger partial charge in [-0.05, 0) is 0 Å². The Kier molecular flexibility index (Phi) is 9.35. The molecule has 0 heterocycles. The fourth-order valence-corrected chi connectivity index (χ4v) is 1.35. The molecule has 1 nitrogen and oxygen atoms in total. The van der Waals surface area contributed by atoms with Gasteiger partial charge in [0.15, 0.2) is 5.78 Å². The molecule has 0 saturated carbocycles. The normalized spacial score (nSPS) is 8.00. The van der Waals surface area contributed by atoms with Crippen LogP contribution >= 0.6 is 24.8 Å². The highest BCUT2D eigenvalue weighted by Gasteiger charge is 2.06. The van der Waals surface area contributed by atoms with E-state index < -0.39 is 0 Å². The third kappa shape index (κ3) is 4.59. The first-order valence-corrected chi connectivity index (χ1v) is 4.53. The van der Waals surface area contributed by atoms with Crippen LogP contribution in [0.2, 0.25) is 0 Å². The van der Waals surface area contributed by atoms with Crippen molar-refractivity contribution < 1.29 is 4.79 Å². The maximum Gasteiger partial charge on any atom is 0.193 e. The lowest BCUT2D eigenvalue weighted by Gasteiger charge is -1.99. The number of hydrogen-bond acceptors (Lipinski definition) is 1. The molecule has 0 aromatic heterocycles. The summed E-state index contributed by atoms with van der Waals surface area (Å²) >= 11 is 0. The molecule has 0 aliphatic heterocycles. The molecule has 17 heavy (non-hydrogen) atoms. The van der Waals surface area contributed by atoms with Gasteiger partial charge in [-0.15, -0.1) is 24.8 Å². The van der Waals surface area contributed by atoms with E-state index >= 15 is 0 Å². The second-order valence-electron chi connectivity index (χ2n) is 3.06. The van der Waals surface area contributed by atoms with Crippen molar-refractivity contribution in [3.05, 3.63) is 71.8 Å². The maximum atomic E-state index is 11.8. The van der Waals surface area contributed by atoms with Crippen LogP contribution in [0.25, 0.3) is 0 Å². The van der Waals surface area contributed by atoms with Crippen molar-refractivity contribution in [1.82, 2.24) is 0 Å². The SMILES string of the molecule is C.Cl.Cl.O=C(c1ccccc1)c1ccccc1. The van der Waals surface area contributed by atoms with Crippen LogP contribution in [0.15, 0.2) is 60.7 Å². The minimum Gasteiger partial charge on any atom is -0.289 e. The lowest BCUT2D eigenvalue weighted by molar-refractivity contribution is 0.103. The van der Waals surface area contributed by atoms with E-state index in [1.807, 2.05) is 60.7 Å². The molecule has 0 radical (unpaired) electrons. The highest BCUT2D eigenvalue weighted by molar-refractivity contribution is 6.08. The van der Waals surface area contributed by atoms with Gasteiger partial charge in [0.1, 0.15) is 0 Å². The summed E-state index contributed by atoms with van der Waals surface area (Å²) in [7, 11) is 0. The quantitative estimate of drug-likeness (QED) is 0.740. The molecule has 2 aromatic rings. The molecule has 0 N–H and O–H groups in total. The fraction of sp³-hybridized carbons (Fsp3) is 0.0714. The Morgan fingerprint density at radius 2 is 0.941 bits per heavy atom. The third-order valence-electron chi connectivity index (χ3n) is 2.07. The lowest BCUT2D eigenvalue weighted by Crippen LogP contribution is -1.99. The molecular formula is C14H16Cl2O. The van der Waals surface area contributed by atoms with Gasteiger partial charge >= 0.3 is 0 Å². The van der Waals surface area contributed by atoms with Crippen LogP contribution in [0.4, 0.5) is 0 Å². The fourth-order valence-electron chi connectivity index (χ4n) is 1.35. The van der Waals surface area contributed by atoms with E-state index in [0.717, 1.165) is 11.1 Å². The Morgan fingerprint density at radius 3 is 1.24 bits per heavy atom. The highest BCUT2D eigenvalue weighted by atomic mass is 35.5. The summed E-state index contributed by atoms with van der Waals surface area (Å²) in [5.41, 5.74) is 1.47. The van der Waals surface area contributed by atoms with Gasteiger partial charge in [-0.2, -0.15) is 0 Å². The second-order valence-corrected chi connectivity index (χ2v) is 3.06. The number of hydrogen-bond donors (Lipinski definition) is 0. The molecule has 0 fully saturated rings. The van der Waals surface area contributed by atoms with Gasteiger partial charge in [0.2, 0.25) is 0 Å². The van der Waals surface area contributed by atoms with Crippen LogP contribution < -0.4 is 0 Å². The van der Waals surface area contributed by atoms with E-state index in [-0.39, 0.29) is 38.0 Å². The van der Waals surface area contributed by atoms with Crippen molar-refractivity contribution in [2.24, 2.45) is 0 Å². The van der Waals surface area contributed by atoms with Gasteiger partial charge in [0.25, 0.3) is 0 Å². The van der Waals surface area contributed by atoms with Crippen LogP contribution in [-0.4, -0.2) is 5.78 Å². The molecule has 0 bridgehead atoms. The number of rotatable bonds is 2. The topological polar surface area (TPSA) is 17.1 Å². The summed E-state index contributed by atoms with van der Waals surface area (Å²) in [6.45, 7) is 0. The molecule has 0 spiro atoms. The smallest absolute Gasteiger partial charge is 0.193 e. The first kappa shape index (κ1) is 18.1. The molecule has 0 atom stereocenters. The molecule has 3 heteroatoms. The van der Waals surface area contributed by atoms with Gasteiger partial charge in [0, 0.05) is 11.1 Å². The predicted octanol–water partition coefficient (Wildman–Crippen LogP) is 4.40. The van der Waals surface area contributed by atoms with E-state index in [4.69, 9.17) is 0 Å². The molecule has 0 amide bonds. The van der Waals surface area contributed by atoms with Crippen molar-refractivity contribution in [3.63, 3.8) is 0 Å². The highest BCUT2D eigenvalue weighted by Crippen LogP contribution is 2.08. The summed E-state index contributed by atoms with van der Waals surface area (Å²) in [5, 5.41) is 0. The van der Waals surface area contributed by atoms with Crippen LogP contribution in [-0.2, 0) is 0 Å². The van der Waals surface area contributed by atoms with Gasteiger partial charge in [-0.25, -0.2) is 0 Å². The van der Waals surface area contributed by atoms with E-state index in [9.17, 15) is 4.79 Å². The first-order valence-electron chi connectivity index (χ1n) is 4.53. The monoisotopic (exact) mass is 270 g/mol. The van der Waals surface area contributed by atoms with Gasteiger partial charge in [-0.1, -0.05) is 68.1 Å². The summed E-state index contributed by atoms with van der Waals surface area (Å²) in [6, 6.07) is 18.6. The molecule has 2 aromatic carbocycles.